The quantitative estimate of drug-likeness (QED) is 0.516. The number of hydrogen-bond acceptors (Lipinski definition) is 1. The summed E-state index contributed by atoms with van der Waals surface area (Å²) in [6.07, 6.45) is 1.85. The number of unbranched alkanes of at least 4 members (excludes halogenated alkanes) is 1. The summed E-state index contributed by atoms with van der Waals surface area (Å²) in [5.41, 5.74) is 0. The van der Waals surface area contributed by atoms with Gasteiger partial charge in [-0.1, -0.05) is 0 Å². The van der Waals surface area contributed by atoms with Crippen LogP contribution in [0.15, 0.2) is 0 Å². The first-order valence-electron chi connectivity index (χ1n) is 2.53. The maximum absolute atomic E-state index is 9.91. The zero-order valence-electron chi connectivity index (χ0n) is 4.68. The third-order valence-electron chi connectivity index (χ3n) is 0.703. The molecule has 1 N–H and O–H groups in total. The molecule has 0 aliphatic carbocycles. The first kappa shape index (κ1) is 8.03. The SMILES string of the molecule is [CH2]CCC[AsH]C(=O)O. The fourth-order valence-corrected chi connectivity index (χ4v) is 1.66. The Hall–Kier alpha value is 0.0284. The number of carboxylic acid groups (broad SMARTS) is 1. The van der Waals surface area contributed by atoms with Crippen LogP contribution in [-0.4, -0.2) is 25.6 Å². The molecule has 0 bridgehead atoms. The average molecular weight is 177 g/mol. The summed E-state index contributed by atoms with van der Waals surface area (Å²) in [5, 5.41) is 9.06. The first-order chi connectivity index (χ1) is 3.77. The summed E-state index contributed by atoms with van der Waals surface area (Å²) in [6.45, 7) is 3.61. The minimum atomic E-state index is -0.681. The van der Waals surface area contributed by atoms with Crippen LogP contribution in [-0.2, 0) is 0 Å². The Morgan fingerprint density at radius 1 is 1.75 bits per heavy atom. The van der Waals surface area contributed by atoms with E-state index in [2.05, 4.69) is 6.92 Å². The second-order valence-corrected chi connectivity index (χ2v) is 4.13. The Bertz CT molecular complexity index is 72.8. The van der Waals surface area contributed by atoms with Crippen molar-refractivity contribution in [3.05, 3.63) is 6.92 Å². The van der Waals surface area contributed by atoms with E-state index in [9.17, 15) is 4.79 Å². The van der Waals surface area contributed by atoms with Crippen LogP contribution in [0.1, 0.15) is 12.8 Å². The van der Waals surface area contributed by atoms with Crippen LogP contribution in [0, 0.1) is 6.92 Å². The molecule has 0 heterocycles. The minimum absolute atomic E-state index is 0.585. The van der Waals surface area contributed by atoms with Gasteiger partial charge in [0.1, 0.15) is 0 Å². The van der Waals surface area contributed by atoms with E-state index in [1.807, 2.05) is 0 Å². The van der Waals surface area contributed by atoms with Gasteiger partial charge < -0.3 is 0 Å². The molecule has 0 aromatic heterocycles. The van der Waals surface area contributed by atoms with E-state index in [0.29, 0.717) is 0 Å². The van der Waals surface area contributed by atoms with Crippen LogP contribution in [0.3, 0.4) is 0 Å². The van der Waals surface area contributed by atoms with E-state index < -0.39 is 20.5 Å². The van der Waals surface area contributed by atoms with Crippen molar-refractivity contribution in [1.29, 1.82) is 0 Å². The summed E-state index contributed by atoms with van der Waals surface area (Å²) >= 11 is -0.681. The number of rotatable bonds is 4. The molecule has 0 rings (SSSR count). The van der Waals surface area contributed by atoms with Crippen molar-refractivity contribution in [1.82, 2.24) is 0 Å². The molecule has 2 nitrogen and oxygen atoms in total. The monoisotopic (exact) mass is 177 g/mol. The molecular weight excluding hydrogens is 167 g/mol. The maximum atomic E-state index is 9.91. The molecular formula is C5H10AsO2. The van der Waals surface area contributed by atoms with Gasteiger partial charge in [-0.25, -0.2) is 0 Å². The summed E-state index contributed by atoms with van der Waals surface area (Å²) < 4.78 is -0.585. The predicted molar refractivity (Wildman–Crippen MR) is 34.6 cm³/mol. The van der Waals surface area contributed by atoms with Gasteiger partial charge in [-0.05, 0) is 0 Å². The van der Waals surface area contributed by atoms with Crippen molar-refractivity contribution in [3.8, 4) is 0 Å². The van der Waals surface area contributed by atoms with Gasteiger partial charge >= 0.3 is 55.4 Å². The van der Waals surface area contributed by atoms with Crippen LogP contribution in [0.5, 0.6) is 0 Å². The molecule has 1 radical (unpaired) electrons. The molecule has 3 heteroatoms. The van der Waals surface area contributed by atoms with Gasteiger partial charge in [-0.2, -0.15) is 0 Å². The third-order valence-corrected chi connectivity index (χ3v) is 2.60. The summed E-state index contributed by atoms with van der Waals surface area (Å²) in [6, 6.07) is 0. The van der Waals surface area contributed by atoms with Gasteiger partial charge in [0.2, 0.25) is 0 Å². The standard InChI is InChI=1S/C5H10AsO2/c1-2-3-4-6-5(7)8/h6H,1-4H2,(H,7,8). The Morgan fingerprint density at radius 2 is 2.38 bits per heavy atom. The average Bonchev–Trinajstić information content (AvgIpc) is 1.66. The Kier molecular flexibility index (Phi) is 5.19. The zero-order valence-corrected chi connectivity index (χ0v) is 6.78. The summed E-state index contributed by atoms with van der Waals surface area (Å²) in [4.78, 5) is 9.91. The van der Waals surface area contributed by atoms with Gasteiger partial charge in [0.05, 0.1) is 0 Å². The second-order valence-electron chi connectivity index (χ2n) is 1.44. The molecule has 0 amide bonds. The van der Waals surface area contributed by atoms with Crippen molar-refractivity contribution in [2.45, 2.75) is 18.1 Å². The number of carbonyl (C=O) groups is 1. The zero-order chi connectivity index (χ0) is 6.41. The van der Waals surface area contributed by atoms with Crippen LogP contribution in [0.2, 0.25) is 5.21 Å². The molecule has 0 fully saturated rings. The van der Waals surface area contributed by atoms with Gasteiger partial charge in [-0.15, -0.1) is 0 Å². The molecule has 47 valence electrons. The van der Waals surface area contributed by atoms with Crippen molar-refractivity contribution >= 4 is 20.5 Å². The van der Waals surface area contributed by atoms with Crippen molar-refractivity contribution in [3.63, 3.8) is 0 Å². The van der Waals surface area contributed by atoms with Gasteiger partial charge in [-0.3, -0.25) is 0 Å². The first-order valence-corrected chi connectivity index (χ1v) is 5.06. The molecule has 1 unspecified atom stereocenters. The predicted octanol–water partition coefficient (Wildman–Crippen LogP) is 1.13. The van der Waals surface area contributed by atoms with Crippen LogP contribution >= 0.6 is 0 Å². The van der Waals surface area contributed by atoms with Crippen LogP contribution in [0.25, 0.3) is 0 Å². The molecule has 0 aromatic carbocycles. The molecule has 1 atom stereocenters. The topological polar surface area (TPSA) is 37.3 Å². The van der Waals surface area contributed by atoms with Gasteiger partial charge in [0.15, 0.2) is 0 Å². The molecule has 0 saturated carbocycles. The van der Waals surface area contributed by atoms with E-state index in [1.165, 1.54) is 0 Å². The summed E-state index contributed by atoms with van der Waals surface area (Å²) in [5.74, 6) is 0. The van der Waals surface area contributed by atoms with Gasteiger partial charge in [0.25, 0.3) is 0 Å². The van der Waals surface area contributed by atoms with E-state index in [-0.39, 0.29) is 0 Å². The van der Waals surface area contributed by atoms with Gasteiger partial charge in [0, 0.05) is 0 Å². The molecule has 0 aliphatic heterocycles. The van der Waals surface area contributed by atoms with Crippen LogP contribution in [0.4, 0.5) is 4.79 Å². The molecule has 0 aliphatic rings. The third kappa shape index (κ3) is 6.03. The molecule has 8 heavy (non-hydrogen) atoms. The van der Waals surface area contributed by atoms with E-state index >= 15 is 0 Å². The van der Waals surface area contributed by atoms with Crippen molar-refractivity contribution in [2.24, 2.45) is 0 Å². The molecule has 0 aromatic rings. The Morgan fingerprint density at radius 3 is 2.75 bits per heavy atom. The Labute approximate surface area is 56.0 Å². The van der Waals surface area contributed by atoms with E-state index in [1.54, 1.807) is 0 Å². The van der Waals surface area contributed by atoms with Crippen molar-refractivity contribution < 1.29 is 9.90 Å². The van der Waals surface area contributed by atoms with E-state index in [0.717, 1.165) is 18.1 Å². The van der Waals surface area contributed by atoms with E-state index in [4.69, 9.17) is 5.11 Å². The van der Waals surface area contributed by atoms with Crippen molar-refractivity contribution in [2.75, 3.05) is 0 Å². The Balaban J connectivity index is 2.82. The number of hydrogen-bond donors (Lipinski definition) is 1. The van der Waals surface area contributed by atoms with Crippen LogP contribution < -0.4 is 0 Å². The molecule has 0 saturated heterocycles. The normalized spacial score (nSPS) is 10.6. The molecule has 0 spiro atoms. The second kappa shape index (κ2) is 5.17. The fourth-order valence-electron chi connectivity index (χ4n) is 0.320. The summed E-state index contributed by atoms with van der Waals surface area (Å²) in [7, 11) is 0. The fraction of sp³-hybridized carbons (Fsp3) is 0.600.